The van der Waals surface area contributed by atoms with Crippen LogP contribution in [0.15, 0.2) is 30.3 Å². The lowest BCUT2D eigenvalue weighted by atomic mass is 10.2. The summed E-state index contributed by atoms with van der Waals surface area (Å²) in [5.41, 5.74) is 1.00. The minimum absolute atomic E-state index is 0.105. The number of benzene rings is 1. The van der Waals surface area contributed by atoms with Crippen LogP contribution in [0.5, 0.6) is 0 Å². The van der Waals surface area contributed by atoms with Gasteiger partial charge in [-0.25, -0.2) is 4.79 Å². The van der Waals surface area contributed by atoms with Crippen molar-refractivity contribution in [3.63, 3.8) is 0 Å². The van der Waals surface area contributed by atoms with Gasteiger partial charge in [-0.1, -0.05) is 75.5 Å². The number of halogens is 2. The minimum atomic E-state index is -0.248. The molecule has 0 N–H and O–H groups in total. The van der Waals surface area contributed by atoms with Gasteiger partial charge in [-0.2, -0.15) is 0 Å². The Morgan fingerprint density at radius 3 is 2.35 bits per heavy atom. The number of ether oxygens (including phenoxy) is 2. The van der Waals surface area contributed by atoms with Crippen LogP contribution in [-0.4, -0.2) is 45.1 Å². The van der Waals surface area contributed by atoms with Gasteiger partial charge in [0.05, 0.1) is 25.3 Å². The highest BCUT2D eigenvalue weighted by Crippen LogP contribution is 2.16. The molecule has 1 aliphatic rings. The number of carbonyl (C=O) groups excluding carboxylic acids is 1. The number of rotatable bonds is 4. The Balaban J connectivity index is 1.87. The second-order valence-corrected chi connectivity index (χ2v) is 6.40. The number of amides is 1. The van der Waals surface area contributed by atoms with Crippen LogP contribution in [-0.2, 0) is 16.1 Å². The Morgan fingerprint density at radius 1 is 1.20 bits per heavy atom. The molecule has 1 heterocycles. The molecule has 0 unspecified atom stereocenters. The SMILES string of the molecule is O=C(OCc1ccccc1)N1C[C@H](CI)O[C@@H](CI)C1. The second kappa shape index (κ2) is 8.38. The summed E-state index contributed by atoms with van der Waals surface area (Å²) in [5.74, 6) is 0. The van der Waals surface area contributed by atoms with E-state index in [1.165, 1.54) is 0 Å². The van der Waals surface area contributed by atoms with Crippen LogP contribution < -0.4 is 0 Å². The Hall–Kier alpha value is -0.0900. The fourth-order valence-corrected chi connectivity index (χ4v) is 3.03. The highest BCUT2D eigenvalue weighted by atomic mass is 127. The molecule has 0 saturated carbocycles. The maximum Gasteiger partial charge on any atom is 0.410 e. The molecule has 1 aromatic carbocycles. The first kappa shape index (κ1) is 16.3. The molecule has 1 aliphatic heterocycles. The van der Waals surface area contributed by atoms with Crippen molar-refractivity contribution in [1.29, 1.82) is 0 Å². The second-order valence-electron chi connectivity index (χ2n) is 4.63. The summed E-state index contributed by atoms with van der Waals surface area (Å²) < 4.78 is 13.0. The standard InChI is InChI=1S/C14H17I2NO3/c15-6-12-8-17(9-13(7-16)20-12)14(18)19-10-11-4-2-1-3-5-11/h1-5,12-13H,6-10H2/t12-,13-/m0/s1. The van der Waals surface area contributed by atoms with E-state index in [-0.39, 0.29) is 18.3 Å². The van der Waals surface area contributed by atoms with E-state index in [2.05, 4.69) is 45.2 Å². The quantitative estimate of drug-likeness (QED) is 0.470. The summed E-state index contributed by atoms with van der Waals surface area (Å²) in [5, 5.41) is 0. The molecule has 1 aromatic rings. The van der Waals surface area contributed by atoms with Gasteiger partial charge in [0.25, 0.3) is 0 Å². The van der Waals surface area contributed by atoms with Crippen molar-refractivity contribution in [2.24, 2.45) is 0 Å². The maximum atomic E-state index is 12.1. The van der Waals surface area contributed by atoms with Crippen LogP contribution >= 0.6 is 45.2 Å². The van der Waals surface area contributed by atoms with Gasteiger partial charge in [0.1, 0.15) is 6.61 Å². The molecule has 0 radical (unpaired) electrons. The number of hydrogen-bond acceptors (Lipinski definition) is 3. The molecule has 0 aliphatic carbocycles. The number of carbonyl (C=O) groups is 1. The van der Waals surface area contributed by atoms with Gasteiger partial charge in [0.2, 0.25) is 0 Å². The number of hydrogen-bond donors (Lipinski definition) is 0. The van der Waals surface area contributed by atoms with Crippen LogP contribution in [0.2, 0.25) is 0 Å². The fraction of sp³-hybridized carbons (Fsp3) is 0.500. The van der Waals surface area contributed by atoms with Crippen molar-refractivity contribution >= 4 is 51.3 Å². The van der Waals surface area contributed by atoms with Gasteiger partial charge in [0, 0.05) is 8.86 Å². The number of alkyl halides is 2. The van der Waals surface area contributed by atoms with E-state index >= 15 is 0 Å². The minimum Gasteiger partial charge on any atom is -0.445 e. The zero-order valence-electron chi connectivity index (χ0n) is 11.0. The van der Waals surface area contributed by atoms with Crippen molar-refractivity contribution in [3.05, 3.63) is 35.9 Å². The number of morpholine rings is 1. The zero-order chi connectivity index (χ0) is 14.4. The van der Waals surface area contributed by atoms with E-state index in [0.29, 0.717) is 19.7 Å². The highest BCUT2D eigenvalue weighted by Gasteiger charge is 2.30. The molecule has 1 amide bonds. The number of nitrogens with zero attached hydrogens (tertiary/aromatic N) is 1. The normalized spacial score (nSPS) is 22.6. The summed E-state index contributed by atoms with van der Waals surface area (Å²) >= 11 is 4.58. The van der Waals surface area contributed by atoms with E-state index in [1.54, 1.807) is 4.90 Å². The molecule has 110 valence electrons. The van der Waals surface area contributed by atoms with Gasteiger partial charge >= 0.3 is 6.09 Å². The fourth-order valence-electron chi connectivity index (χ4n) is 2.05. The summed E-state index contributed by atoms with van der Waals surface area (Å²) in [4.78, 5) is 13.9. The van der Waals surface area contributed by atoms with Crippen LogP contribution in [0.1, 0.15) is 5.56 Å². The van der Waals surface area contributed by atoms with E-state index in [1.807, 2.05) is 30.3 Å². The average Bonchev–Trinajstić information content (AvgIpc) is 2.52. The van der Waals surface area contributed by atoms with E-state index in [0.717, 1.165) is 14.4 Å². The molecule has 20 heavy (non-hydrogen) atoms. The topological polar surface area (TPSA) is 38.8 Å². The highest BCUT2D eigenvalue weighted by molar-refractivity contribution is 14.1. The van der Waals surface area contributed by atoms with Crippen molar-refractivity contribution in [2.75, 3.05) is 21.9 Å². The van der Waals surface area contributed by atoms with Crippen molar-refractivity contribution in [2.45, 2.75) is 18.8 Å². The van der Waals surface area contributed by atoms with Crippen LogP contribution in [0, 0.1) is 0 Å². The lowest BCUT2D eigenvalue weighted by molar-refractivity contribution is -0.0579. The molecular formula is C14H17I2NO3. The maximum absolute atomic E-state index is 12.1. The lowest BCUT2D eigenvalue weighted by Crippen LogP contribution is -2.51. The van der Waals surface area contributed by atoms with E-state index in [4.69, 9.17) is 9.47 Å². The van der Waals surface area contributed by atoms with Gasteiger partial charge in [-0.05, 0) is 5.56 Å². The van der Waals surface area contributed by atoms with Gasteiger partial charge in [-0.3, -0.25) is 0 Å². The molecule has 0 bridgehead atoms. The molecule has 1 fully saturated rings. The Bertz CT molecular complexity index is 418. The summed E-state index contributed by atoms with van der Waals surface area (Å²) in [6.07, 6.45) is -0.0383. The zero-order valence-corrected chi connectivity index (χ0v) is 15.3. The largest absolute Gasteiger partial charge is 0.445 e. The third-order valence-electron chi connectivity index (χ3n) is 3.04. The van der Waals surface area contributed by atoms with Gasteiger partial charge in [-0.15, -0.1) is 0 Å². The van der Waals surface area contributed by atoms with Crippen molar-refractivity contribution < 1.29 is 14.3 Å². The molecular weight excluding hydrogens is 484 g/mol. The monoisotopic (exact) mass is 501 g/mol. The molecule has 0 spiro atoms. The van der Waals surface area contributed by atoms with Gasteiger partial charge < -0.3 is 14.4 Å². The summed E-state index contributed by atoms with van der Waals surface area (Å²) in [6.45, 7) is 1.55. The predicted molar refractivity (Wildman–Crippen MR) is 94.6 cm³/mol. The first-order valence-electron chi connectivity index (χ1n) is 6.46. The molecule has 2 atom stereocenters. The predicted octanol–water partition coefficient (Wildman–Crippen LogP) is 3.26. The first-order chi connectivity index (χ1) is 9.72. The molecule has 4 nitrogen and oxygen atoms in total. The Morgan fingerprint density at radius 2 is 1.80 bits per heavy atom. The van der Waals surface area contributed by atoms with Crippen LogP contribution in [0.3, 0.4) is 0 Å². The van der Waals surface area contributed by atoms with E-state index < -0.39 is 0 Å². The molecule has 0 aromatic heterocycles. The van der Waals surface area contributed by atoms with Crippen LogP contribution in [0.25, 0.3) is 0 Å². The molecule has 6 heteroatoms. The third-order valence-corrected chi connectivity index (χ3v) is 5.01. The van der Waals surface area contributed by atoms with Crippen molar-refractivity contribution in [1.82, 2.24) is 4.90 Å². The van der Waals surface area contributed by atoms with E-state index in [9.17, 15) is 4.79 Å². The summed E-state index contributed by atoms with van der Waals surface area (Å²) in [7, 11) is 0. The molecule has 1 saturated heterocycles. The van der Waals surface area contributed by atoms with Crippen LogP contribution in [0.4, 0.5) is 4.79 Å². The summed E-state index contributed by atoms with van der Waals surface area (Å²) in [6, 6.07) is 9.73. The van der Waals surface area contributed by atoms with Gasteiger partial charge in [0.15, 0.2) is 0 Å². The Kier molecular flexibility index (Phi) is 6.82. The Labute approximate surface area is 146 Å². The lowest BCUT2D eigenvalue weighted by Gasteiger charge is -2.36. The van der Waals surface area contributed by atoms with Crippen molar-refractivity contribution in [3.8, 4) is 0 Å². The smallest absolute Gasteiger partial charge is 0.410 e. The molecule has 2 rings (SSSR count). The first-order valence-corrected chi connectivity index (χ1v) is 9.51. The third kappa shape index (κ3) is 4.73. The average molecular weight is 501 g/mol.